The molecule has 1 saturated carbocycles. The van der Waals surface area contributed by atoms with Gasteiger partial charge in [-0.25, -0.2) is 4.98 Å². The molecule has 0 radical (unpaired) electrons. The summed E-state index contributed by atoms with van der Waals surface area (Å²) in [5.74, 6) is 1.64. The predicted octanol–water partition coefficient (Wildman–Crippen LogP) is 3.08. The molecule has 1 aliphatic carbocycles. The number of aromatic nitrogens is 2. The molecule has 1 aromatic carbocycles. The van der Waals surface area contributed by atoms with Gasteiger partial charge in [0, 0.05) is 17.6 Å². The Morgan fingerprint density at radius 3 is 2.71 bits per heavy atom. The van der Waals surface area contributed by atoms with Crippen LogP contribution in [0.5, 0.6) is 0 Å². The predicted molar refractivity (Wildman–Crippen MR) is 86.2 cm³/mol. The van der Waals surface area contributed by atoms with Gasteiger partial charge in [0.25, 0.3) is 0 Å². The Balaban J connectivity index is 2.05. The number of hydrogen-bond acceptors (Lipinski definition) is 3. The van der Waals surface area contributed by atoms with Crippen molar-refractivity contribution >= 4 is 16.7 Å². The Labute approximate surface area is 126 Å². The monoisotopic (exact) mass is 287 g/mol. The van der Waals surface area contributed by atoms with Crippen LogP contribution in [0.15, 0.2) is 18.2 Å². The minimum absolute atomic E-state index is 0.00893. The van der Waals surface area contributed by atoms with Crippen molar-refractivity contribution in [3.63, 3.8) is 0 Å². The van der Waals surface area contributed by atoms with Gasteiger partial charge in [0.05, 0.1) is 17.1 Å². The van der Waals surface area contributed by atoms with E-state index < -0.39 is 0 Å². The molecular formula is C17H25N3O. The van der Waals surface area contributed by atoms with E-state index in [1.165, 1.54) is 0 Å². The van der Waals surface area contributed by atoms with Crippen LogP contribution in [0.3, 0.4) is 0 Å². The summed E-state index contributed by atoms with van der Waals surface area (Å²) < 4.78 is 2.33. The smallest absolute Gasteiger partial charge is 0.115 e. The van der Waals surface area contributed by atoms with Crippen molar-refractivity contribution in [2.75, 3.05) is 5.73 Å². The maximum absolute atomic E-state index is 9.77. The van der Waals surface area contributed by atoms with E-state index in [0.717, 1.165) is 48.4 Å². The normalized spacial score (nSPS) is 23.0. The Hall–Kier alpha value is -1.55. The molecule has 4 nitrogen and oxygen atoms in total. The Morgan fingerprint density at radius 1 is 1.33 bits per heavy atom. The molecule has 0 saturated heterocycles. The molecule has 2 atom stereocenters. The lowest BCUT2D eigenvalue weighted by molar-refractivity contribution is 0.176. The molecule has 2 aromatic rings. The van der Waals surface area contributed by atoms with Crippen molar-refractivity contribution in [2.24, 2.45) is 5.92 Å². The van der Waals surface area contributed by atoms with Crippen molar-refractivity contribution in [1.82, 2.24) is 9.55 Å². The molecule has 2 unspecified atom stereocenters. The third-order valence-corrected chi connectivity index (χ3v) is 4.40. The van der Waals surface area contributed by atoms with Crippen LogP contribution in [0.25, 0.3) is 11.0 Å². The Kier molecular flexibility index (Phi) is 3.44. The Morgan fingerprint density at radius 2 is 2.10 bits per heavy atom. The van der Waals surface area contributed by atoms with E-state index in [9.17, 15) is 5.11 Å². The standard InChI is InChI=1S/C17H25N3O/c1-17(2,3)16-19-14-9-12(18)5-7-15(14)20(16)10-11-4-6-13(21)8-11/h5,7,9,11,13,21H,4,6,8,10,18H2,1-3H3. The molecule has 114 valence electrons. The van der Waals surface area contributed by atoms with Crippen LogP contribution in [0.2, 0.25) is 0 Å². The van der Waals surface area contributed by atoms with Gasteiger partial charge in [-0.2, -0.15) is 0 Å². The SMILES string of the molecule is CC(C)(C)c1nc2cc(N)ccc2n1CC1CCC(O)C1. The second-order valence-electron chi connectivity index (χ2n) is 7.38. The number of aliphatic hydroxyl groups excluding tert-OH is 1. The minimum atomic E-state index is -0.126. The van der Waals surface area contributed by atoms with E-state index in [2.05, 4.69) is 31.4 Å². The molecule has 1 aliphatic rings. The molecule has 0 bridgehead atoms. The van der Waals surface area contributed by atoms with Crippen molar-refractivity contribution in [1.29, 1.82) is 0 Å². The van der Waals surface area contributed by atoms with E-state index in [1.54, 1.807) is 0 Å². The number of hydrogen-bond donors (Lipinski definition) is 2. The Bertz CT molecular complexity index is 654. The number of nitrogen functional groups attached to an aromatic ring is 1. The molecule has 0 spiro atoms. The number of fused-ring (bicyclic) bond motifs is 1. The quantitative estimate of drug-likeness (QED) is 0.834. The lowest BCUT2D eigenvalue weighted by Crippen LogP contribution is -2.21. The molecule has 3 rings (SSSR count). The fourth-order valence-electron chi connectivity index (χ4n) is 3.38. The molecule has 1 aromatic heterocycles. The summed E-state index contributed by atoms with van der Waals surface area (Å²) in [7, 11) is 0. The first-order valence-electron chi connectivity index (χ1n) is 7.79. The van der Waals surface area contributed by atoms with Gasteiger partial charge < -0.3 is 15.4 Å². The second-order valence-corrected chi connectivity index (χ2v) is 7.38. The van der Waals surface area contributed by atoms with Crippen LogP contribution in [-0.2, 0) is 12.0 Å². The summed E-state index contributed by atoms with van der Waals surface area (Å²) in [6.07, 6.45) is 2.80. The highest BCUT2D eigenvalue weighted by Gasteiger charge is 2.28. The van der Waals surface area contributed by atoms with E-state index in [4.69, 9.17) is 10.7 Å². The van der Waals surface area contributed by atoms with Gasteiger partial charge in [0.15, 0.2) is 0 Å². The summed E-state index contributed by atoms with van der Waals surface area (Å²) in [5.41, 5.74) is 8.76. The molecular weight excluding hydrogens is 262 g/mol. The summed E-state index contributed by atoms with van der Waals surface area (Å²) in [4.78, 5) is 4.83. The van der Waals surface area contributed by atoms with Crippen molar-refractivity contribution in [3.05, 3.63) is 24.0 Å². The number of nitrogens with zero attached hydrogens (tertiary/aromatic N) is 2. The van der Waals surface area contributed by atoms with E-state index >= 15 is 0 Å². The first kappa shape index (κ1) is 14.4. The van der Waals surface area contributed by atoms with Crippen molar-refractivity contribution < 1.29 is 5.11 Å². The summed E-state index contributed by atoms with van der Waals surface area (Å²) in [6.45, 7) is 7.51. The van der Waals surface area contributed by atoms with Gasteiger partial charge in [-0.3, -0.25) is 0 Å². The fraction of sp³-hybridized carbons (Fsp3) is 0.588. The average Bonchev–Trinajstić information content (AvgIpc) is 2.93. The maximum Gasteiger partial charge on any atom is 0.115 e. The first-order chi connectivity index (χ1) is 9.84. The van der Waals surface area contributed by atoms with Gasteiger partial charge in [-0.05, 0) is 43.4 Å². The highest BCUT2D eigenvalue weighted by molar-refractivity contribution is 5.79. The van der Waals surface area contributed by atoms with E-state index in [-0.39, 0.29) is 11.5 Å². The number of benzene rings is 1. The molecule has 0 aliphatic heterocycles. The van der Waals surface area contributed by atoms with Crippen LogP contribution in [0.1, 0.15) is 45.9 Å². The topological polar surface area (TPSA) is 64.1 Å². The molecule has 0 amide bonds. The third-order valence-electron chi connectivity index (χ3n) is 4.40. The van der Waals surface area contributed by atoms with Gasteiger partial charge in [-0.1, -0.05) is 20.8 Å². The third kappa shape index (κ3) is 2.77. The van der Waals surface area contributed by atoms with E-state index in [0.29, 0.717) is 5.92 Å². The lowest BCUT2D eigenvalue weighted by atomic mass is 9.95. The number of aliphatic hydroxyl groups is 1. The summed E-state index contributed by atoms with van der Waals surface area (Å²) >= 11 is 0. The highest BCUT2D eigenvalue weighted by Crippen LogP contribution is 2.32. The van der Waals surface area contributed by atoms with Crippen molar-refractivity contribution in [3.8, 4) is 0 Å². The van der Waals surface area contributed by atoms with Crippen LogP contribution in [0, 0.1) is 5.92 Å². The number of nitrogens with two attached hydrogens (primary N) is 1. The van der Waals surface area contributed by atoms with Gasteiger partial charge >= 0.3 is 0 Å². The number of rotatable bonds is 2. The zero-order chi connectivity index (χ0) is 15.2. The fourth-order valence-corrected chi connectivity index (χ4v) is 3.38. The number of imidazole rings is 1. The second kappa shape index (κ2) is 5.02. The van der Waals surface area contributed by atoms with Gasteiger partial charge in [-0.15, -0.1) is 0 Å². The molecule has 1 fully saturated rings. The minimum Gasteiger partial charge on any atom is -0.399 e. The van der Waals surface area contributed by atoms with Crippen molar-refractivity contribution in [2.45, 2.75) is 58.1 Å². The van der Waals surface area contributed by atoms with Crippen LogP contribution >= 0.6 is 0 Å². The van der Waals surface area contributed by atoms with E-state index in [1.807, 2.05) is 12.1 Å². The molecule has 4 heteroatoms. The molecule has 21 heavy (non-hydrogen) atoms. The maximum atomic E-state index is 9.77. The first-order valence-corrected chi connectivity index (χ1v) is 7.79. The van der Waals surface area contributed by atoms with Crippen LogP contribution in [-0.4, -0.2) is 20.8 Å². The molecule has 1 heterocycles. The zero-order valence-corrected chi connectivity index (χ0v) is 13.1. The largest absolute Gasteiger partial charge is 0.399 e. The van der Waals surface area contributed by atoms with Crippen LogP contribution < -0.4 is 5.73 Å². The molecule has 3 N–H and O–H groups in total. The number of anilines is 1. The lowest BCUT2D eigenvalue weighted by Gasteiger charge is -2.22. The summed E-state index contributed by atoms with van der Waals surface area (Å²) in [6, 6.07) is 5.96. The highest BCUT2D eigenvalue weighted by atomic mass is 16.3. The average molecular weight is 287 g/mol. The summed E-state index contributed by atoms with van der Waals surface area (Å²) in [5, 5.41) is 9.77. The van der Waals surface area contributed by atoms with Crippen LogP contribution in [0.4, 0.5) is 5.69 Å². The van der Waals surface area contributed by atoms with Gasteiger partial charge in [0.2, 0.25) is 0 Å². The van der Waals surface area contributed by atoms with Gasteiger partial charge in [0.1, 0.15) is 5.82 Å². The zero-order valence-electron chi connectivity index (χ0n) is 13.1.